The molecule has 0 aromatic heterocycles. The first-order valence-electron chi connectivity index (χ1n) is 11.2. The van der Waals surface area contributed by atoms with Crippen molar-refractivity contribution in [2.45, 2.75) is 63.5 Å². The highest BCUT2D eigenvalue weighted by Crippen LogP contribution is 2.37. The second-order valence-corrected chi connectivity index (χ2v) is 8.69. The van der Waals surface area contributed by atoms with E-state index in [9.17, 15) is 4.79 Å². The number of amides is 2. The molecule has 0 spiro atoms. The van der Waals surface area contributed by atoms with Gasteiger partial charge in [-0.15, -0.1) is 18.9 Å². The lowest BCUT2D eigenvalue weighted by Gasteiger charge is -2.39. The van der Waals surface area contributed by atoms with Crippen LogP contribution in [-0.2, 0) is 12.8 Å². The maximum absolute atomic E-state index is 11.9. The molecule has 2 amide bonds. The molecule has 1 heterocycles. The zero-order valence-corrected chi connectivity index (χ0v) is 18.0. The van der Waals surface area contributed by atoms with Gasteiger partial charge >= 0.3 is 6.03 Å². The first-order valence-corrected chi connectivity index (χ1v) is 11.2. The number of nitrogens with one attached hydrogen (secondary N) is 1. The number of nitrogens with two attached hydrogens (primary N) is 1. The van der Waals surface area contributed by atoms with Gasteiger partial charge in [0.15, 0.2) is 0 Å². The minimum absolute atomic E-state index is 0.150. The van der Waals surface area contributed by atoms with Crippen LogP contribution in [0.3, 0.4) is 0 Å². The summed E-state index contributed by atoms with van der Waals surface area (Å²) < 4.78 is 0. The minimum atomic E-state index is -0.483. The van der Waals surface area contributed by atoms with E-state index < -0.39 is 6.03 Å². The molecule has 30 heavy (non-hydrogen) atoms. The van der Waals surface area contributed by atoms with Crippen LogP contribution in [-0.4, -0.2) is 29.6 Å². The second kappa shape index (κ2) is 10.4. The molecule has 160 valence electrons. The van der Waals surface area contributed by atoms with E-state index in [2.05, 4.69) is 53.6 Å². The highest BCUT2D eigenvalue weighted by atomic mass is 16.2. The van der Waals surface area contributed by atoms with Gasteiger partial charge in [-0.1, -0.05) is 36.9 Å². The van der Waals surface area contributed by atoms with Crippen molar-refractivity contribution in [3.05, 3.63) is 60.3 Å². The molecule has 1 aliphatic heterocycles. The van der Waals surface area contributed by atoms with Crippen LogP contribution < -0.4 is 11.1 Å². The summed E-state index contributed by atoms with van der Waals surface area (Å²) in [5.41, 5.74) is 9.31. The molecular formula is C26H35N3O. The molecule has 1 saturated heterocycles. The molecule has 0 radical (unpaired) electrons. The Morgan fingerprint density at radius 2 is 2.03 bits per heavy atom. The lowest BCUT2D eigenvalue weighted by molar-refractivity contribution is 0.190. The molecule has 3 N–H and O–H groups in total. The Bertz CT molecular complexity index is 784. The van der Waals surface area contributed by atoms with E-state index in [1.54, 1.807) is 0 Å². The molecule has 3 rings (SSSR count). The number of allylic oxidation sites excluding steroid dienone is 1. The maximum Gasteiger partial charge on any atom is 0.312 e. The fourth-order valence-corrected chi connectivity index (χ4v) is 5.40. The summed E-state index contributed by atoms with van der Waals surface area (Å²) in [4.78, 5) is 14.3. The van der Waals surface area contributed by atoms with Gasteiger partial charge in [0.25, 0.3) is 0 Å². The number of urea groups is 1. The van der Waals surface area contributed by atoms with E-state index in [-0.39, 0.29) is 12.0 Å². The number of hydrogen-bond acceptors (Lipinski definition) is 2. The summed E-state index contributed by atoms with van der Waals surface area (Å²) in [5, 5.41) is 3.03. The van der Waals surface area contributed by atoms with Crippen LogP contribution in [0, 0.1) is 24.2 Å². The van der Waals surface area contributed by atoms with Gasteiger partial charge in [-0.3, -0.25) is 0 Å². The number of fused-ring (bicyclic) bond motifs is 1. The quantitative estimate of drug-likeness (QED) is 0.447. The van der Waals surface area contributed by atoms with E-state index in [4.69, 9.17) is 12.2 Å². The number of rotatable bonds is 10. The number of carbonyl (C=O) groups excluding carboxylic acids is 1. The number of primary amides is 1. The molecule has 4 heteroatoms. The third-order valence-electron chi connectivity index (χ3n) is 6.82. The number of carbonyl (C=O) groups is 1. The van der Waals surface area contributed by atoms with Crippen LogP contribution in [0.2, 0.25) is 0 Å². The largest absolute Gasteiger partial charge is 0.370 e. The molecule has 1 fully saturated rings. The highest BCUT2D eigenvalue weighted by Gasteiger charge is 2.38. The van der Waals surface area contributed by atoms with Crippen LogP contribution in [0.4, 0.5) is 4.79 Å². The molecule has 0 saturated carbocycles. The topological polar surface area (TPSA) is 58.4 Å². The smallest absolute Gasteiger partial charge is 0.312 e. The Morgan fingerprint density at radius 1 is 1.33 bits per heavy atom. The summed E-state index contributed by atoms with van der Waals surface area (Å²) in [7, 11) is 0. The molecular weight excluding hydrogens is 370 g/mol. The van der Waals surface area contributed by atoms with Gasteiger partial charge < -0.3 is 16.0 Å². The predicted octanol–water partition coefficient (Wildman–Crippen LogP) is 4.41. The number of nitrogens with zero attached hydrogens (tertiary/aromatic N) is 1. The van der Waals surface area contributed by atoms with Crippen LogP contribution in [0.25, 0.3) is 0 Å². The van der Waals surface area contributed by atoms with Gasteiger partial charge in [-0.25, -0.2) is 4.79 Å². The number of terminal acetylenes is 1. The third kappa shape index (κ3) is 5.08. The van der Waals surface area contributed by atoms with Crippen molar-refractivity contribution in [1.82, 2.24) is 10.2 Å². The Balaban J connectivity index is 1.78. The van der Waals surface area contributed by atoms with Crippen molar-refractivity contribution < 1.29 is 4.79 Å². The van der Waals surface area contributed by atoms with Crippen molar-refractivity contribution in [1.29, 1.82) is 0 Å². The zero-order chi connectivity index (χ0) is 21.5. The maximum atomic E-state index is 11.9. The van der Waals surface area contributed by atoms with Gasteiger partial charge in [0.2, 0.25) is 0 Å². The van der Waals surface area contributed by atoms with Crippen LogP contribution in [0.1, 0.15) is 49.7 Å². The molecule has 1 aromatic carbocycles. The average Bonchev–Trinajstić information content (AvgIpc) is 3.38. The summed E-state index contributed by atoms with van der Waals surface area (Å²) in [6.45, 7) is 9.35. The summed E-state index contributed by atoms with van der Waals surface area (Å²) >= 11 is 0. The second-order valence-electron chi connectivity index (χ2n) is 8.69. The lowest BCUT2D eigenvalue weighted by atomic mass is 9.87. The fraction of sp³-hybridized carbons (Fsp3) is 0.500. The van der Waals surface area contributed by atoms with Crippen molar-refractivity contribution in [2.75, 3.05) is 6.54 Å². The van der Waals surface area contributed by atoms with Crippen LogP contribution >= 0.6 is 0 Å². The summed E-state index contributed by atoms with van der Waals surface area (Å²) in [6.07, 6.45) is 15.6. The van der Waals surface area contributed by atoms with Gasteiger partial charge in [0.1, 0.15) is 0 Å². The molecule has 3 unspecified atom stereocenters. The first-order chi connectivity index (χ1) is 14.5. The Kier molecular flexibility index (Phi) is 7.63. The SMILES string of the molecule is C#CCCC(CCC=C)C1CCCN1C(=C)C(NC(N)=O)C1Cc2ccccc2C1. The minimum Gasteiger partial charge on any atom is -0.370 e. The van der Waals surface area contributed by atoms with Crippen molar-refractivity contribution >= 4 is 6.03 Å². The molecule has 1 aromatic rings. The Morgan fingerprint density at radius 3 is 2.63 bits per heavy atom. The molecule has 1 aliphatic carbocycles. The van der Waals surface area contributed by atoms with E-state index >= 15 is 0 Å². The monoisotopic (exact) mass is 405 g/mol. The normalized spacial score (nSPS) is 20.2. The molecule has 0 bridgehead atoms. The van der Waals surface area contributed by atoms with Crippen LogP contribution in [0.5, 0.6) is 0 Å². The Labute approximate surface area is 181 Å². The van der Waals surface area contributed by atoms with E-state index in [0.717, 1.165) is 63.6 Å². The van der Waals surface area contributed by atoms with Gasteiger partial charge in [-0.2, -0.15) is 0 Å². The zero-order valence-electron chi connectivity index (χ0n) is 18.0. The Hall–Kier alpha value is -2.67. The highest BCUT2D eigenvalue weighted by molar-refractivity contribution is 5.72. The fourth-order valence-electron chi connectivity index (χ4n) is 5.40. The standard InChI is InChI=1S/C26H35N3O/c1-4-6-11-20(12-7-5-2)24-15-10-16-29(24)19(3)25(28-26(27)30)23-17-21-13-8-9-14-22(21)18-23/h1,5,8-9,13-14,20,23-25H,2-3,6-7,10-12,15-18H2,(H3,27,28,30). The first kappa shape index (κ1) is 22.0. The third-order valence-corrected chi connectivity index (χ3v) is 6.82. The van der Waals surface area contributed by atoms with Crippen molar-refractivity contribution in [2.24, 2.45) is 17.6 Å². The molecule has 2 aliphatic rings. The average molecular weight is 406 g/mol. The number of benzene rings is 1. The van der Waals surface area contributed by atoms with E-state index in [0.29, 0.717) is 12.0 Å². The van der Waals surface area contributed by atoms with Crippen molar-refractivity contribution in [3.8, 4) is 12.3 Å². The van der Waals surface area contributed by atoms with Crippen LogP contribution in [0.15, 0.2) is 49.2 Å². The van der Waals surface area contributed by atoms with E-state index in [1.807, 2.05) is 6.08 Å². The number of likely N-dealkylation sites (tertiary alicyclic amines) is 1. The van der Waals surface area contributed by atoms with Gasteiger partial charge in [-0.05, 0) is 67.9 Å². The summed E-state index contributed by atoms with van der Waals surface area (Å²) in [5.74, 6) is 3.59. The van der Waals surface area contributed by atoms with Gasteiger partial charge in [0.05, 0.1) is 6.04 Å². The van der Waals surface area contributed by atoms with Crippen molar-refractivity contribution in [3.63, 3.8) is 0 Å². The number of hydrogen-bond donors (Lipinski definition) is 2. The molecule has 4 nitrogen and oxygen atoms in total. The van der Waals surface area contributed by atoms with E-state index in [1.165, 1.54) is 11.1 Å². The lowest BCUT2D eigenvalue weighted by Crippen LogP contribution is -2.50. The molecule has 3 atom stereocenters. The summed E-state index contributed by atoms with van der Waals surface area (Å²) in [6, 6.07) is 8.31. The predicted molar refractivity (Wildman–Crippen MR) is 124 cm³/mol. The van der Waals surface area contributed by atoms with Gasteiger partial charge in [0, 0.05) is 24.7 Å².